The monoisotopic (exact) mass is 345 g/mol. The summed E-state index contributed by atoms with van der Waals surface area (Å²) in [7, 11) is 0. The minimum Gasteiger partial charge on any atom is -0.459 e. The van der Waals surface area contributed by atoms with E-state index in [1.807, 2.05) is 19.1 Å². The molecule has 1 rings (SSSR count). The fourth-order valence-corrected chi connectivity index (χ4v) is 2.53. The number of esters is 1. The van der Waals surface area contributed by atoms with Gasteiger partial charge < -0.3 is 10.5 Å². The third-order valence-corrected chi connectivity index (χ3v) is 3.46. The zero-order chi connectivity index (χ0) is 18.6. The molecule has 6 heteroatoms. The predicted octanol–water partition coefficient (Wildman–Crippen LogP) is 4.17. The van der Waals surface area contributed by atoms with E-state index < -0.39 is 29.7 Å². The predicted molar refractivity (Wildman–Crippen MR) is 87.6 cm³/mol. The Bertz CT molecular complexity index is 564. The van der Waals surface area contributed by atoms with Crippen LogP contribution in [0.25, 0.3) is 0 Å². The van der Waals surface area contributed by atoms with Crippen LogP contribution in [0.1, 0.15) is 51.7 Å². The lowest BCUT2D eigenvalue weighted by molar-refractivity contribution is -0.179. The van der Waals surface area contributed by atoms with Gasteiger partial charge in [-0.1, -0.05) is 37.6 Å². The number of nitrogens with two attached hydrogens (primary N) is 1. The number of carbonyl (C=O) groups is 1. The quantitative estimate of drug-likeness (QED) is 0.787. The Morgan fingerprint density at radius 1 is 1.12 bits per heavy atom. The first-order valence-electron chi connectivity index (χ1n) is 8.02. The van der Waals surface area contributed by atoms with Gasteiger partial charge in [0.15, 0.2) is 0 Å². The van der Waals surface area contributed by atoms with Gasteiger partial charge in [-0.15, -0.1) is 0 Å². The normalized spacial score (nSPS) is 15.0. The molecule has 1 aromatic rings. The summed E-state index contributed by atoms with van der Waals surface area (Å²) in [4.78, 5) is 12.4. The fraction of sp³-hybridized carbons (Fsp3) is 0.611. The fourth-order valence-electron chi connectivity index (χ4n) is 2.53. The van der Waals surface area contributed by atoms with Gasteiger partial charge in [-0.25, -0.2) is 0 Å². The summed E-state index contributed by atoms with van der Waals surface area (Å²) in [6.07, 6.45) is -4.63. The molecular formula is C18H26F3NO2. The molecule has 24 heavy (non-hydrogen) atoms. The Balaban J connectivity index is 3.17. The molecule has 0 amide bonds. The molecule has 0 spiro atoms. The first-order chi connectivity index (χ1) is 10.9. The SMILES string of the molecule is CCCc1ccccc1C[C@@](N)(CC(F)(F)F)C(=O)OC(C)(C)C. The van der Waals surface area contributed by atoms with Crippen molar-refractivity contribution in [2.45, 2.75) is 70.7 Å². The molecule has 3 nitrogen and oxygen atoms in total. The zero-order valence-electron chi connectivity index (χ0n) is 14.7. The van der Waals surface area contributed by atoms with E-state index in [4.69, 9.17) is 10.5 Å². The second kappa shape index (κ2) is 7.55. The summed E-state index contributed by atoms with van der Waals surface area (Å²) in [6.45, 7) is 6.79. The molecule has 0 bridgehead atoms. The van der Waals surface area contributed by atoms with Gasteiger partial charge >= 0.3 is 12.1 Å². The first kappa shape index (κ1) is 20.5. The molecule has 1 aromatic carbocycles. The van der Waals surface area contributed by atoms with Crippen LogP contribution in [0.3, 0.4) is 0 Å². The number of aryl methyl sites for hydroxylation is 1. The molecule has 2 N–H and O–H groups in total. The number of hydrogen-bond acceptors (Lipinski definition) is 3. The molecule has 0 saturated heterocycles. The van der Waals surface area contributed by atoms with Crippen molar-refractivity contribution in [2.75, 3.05) is 0 Å². The second-order valence-corrected chi connectivity index (χ2v) is 7.15. The lowest BCUT2D eigenvalue weighted by atomic mass is 9.85. The standard InChI is InChI=1S/C18H26F3NO2/c1-5-8-13-9-6-7-10-14(13)11-17(22,12-18(19,20)21)15(23)24-16(2,3)4/h6-7,9-10H,5,8,11-12,22H2,1-4H3/t17-/m1/s1. The van der Waals surface area contributed by atoms with E-state index in [2.05, 4.69) is 0 Å². The largest absolute Gasteiger partial charge is 0.459 e. The van der Waals surface area contributed by atoms with E-state index in [0.717, 1.165) is 12.0 Å². The van der Waals surface area contributed by atoms with Crippen LogP contribution in [0.4, 0.5) is 13.2 Å². The van der Waals surface area contributed by atoms with Gasteiger partial charge in [0.25, 0.3) is 0 Å². The van der Waals surface area contributed by atoms with Gasteiger partial charge in [0, 0.05) is 6.42 Å². The van der Waals surface area contributed by atoms with Crippen molar-refractivity contribution in [2.24, 2.45) is 5.73 Å². The van der Waals surface area contributed by atoms with Crippen LogP contribution in [-0.2, 0) is 22.4 Å². The highest BCUT2D eigenvalue weighted by Crippen LogP contribution is 2.31. The van der Waals surface area contributed by atoms with Gasteiger partial charge in [0.1, 0.15) is 11.1 Å². The average Bonchev–Trinajstić information content (AvgIpc) is 2.37. The molecule has 1 atom stereocenters. The molecule has 0 saturated carbocycles. The van der Waals surface area contributed by atoms with Crippen molar-refractivity contribution in [1.29, 1.82) is 0 Å². The van der Waals surface area contributed by atoms with E-state index >= 15 is 0 Å². The molecule has 0 aliphatic carbocycles. The van der Waals surface area contributed by atoms with Crippen molar-refractivity contribution in [3.05, 3.63) is 35.4 Å². The Kier molecular flexibility index (Phi) is 6.45. The smallest absolute Gasteiger partial charge is 0.391 e. The van der Waals surface area contributed by atoms with Crippen molar-refractivity contribution < 1.29 is 22.7 Å². The Morgan fingerprint density at radius 3 is 2.12 bits per heavy atom. The maximum atomic E-state index is 13.0. The van der Waals surface area contributed by atoms with Crippen LogP contribution in [0.2, 0.25) is 0 Å². The van der Waals surface area contributed by atoms with Gasteiger partial charge in [0.2, 0.25) is 0 Å². The van der Waals surface area contributed by atoms with Crippen LogP contribution < -0.4 is 5.73 Å². The maximum Gasteiger partial charge on any atom is 0.391 e. The van der Waals surface area contributed by atoms with Gasteiger partial charge in [-0.2, -0.15) is 13.2 Å². The molecule has 0 radical (unpaired) electrons. The van der Waals surface area contributed by atoms with Crippen LogP contribution >= 0.6 is 0 Å². The topological polar surface area (TPSA) is 52.3 Å². The summed E-state index contributed by atoms with van der Waals surface area (Å²) in [5, 5.41) is 0. The van der Waals surface area contributed by atoms with Gasteiger partial charge in [-0.05, 0) is 38.3 Å². The van der Waals surface area contributed by atoms with Gasteiger partial charge in [-0.3, -0.25) is 4.79 Å². The molecule has 136 valence electrons. The zero-order valence-corrected chi connectivity index (χ0v) is 14.7. The summed E-state index contributed by atoms with van der Waals surface area (Å²) in [5.41, 5.74) is 4.44. The van der Waals surface area contributed by atoms with E-state index in [9.17, 15) is 18.0 Å². The van der Waals surface area contributed by atoms with E-state index in [-0.39, 0.29) is 6.42 Å². The summed E-state index contributed by atoms with van der Waals surface area (Å²) >= 11 is 0. The van der Waals surface area contributed by atoms with Crippen LogP contribution in [0.15, 0.2) is 24.3 Å². The van der Waals surface area contributed by atoms with E-state index in [1.165, 1.54) is 0 Å². The number of alkyl halides is 3. The molecule has 0 unspecified atom stereocenters. The van der Waals surface area contributed by atoms with Crippen molar-refractivity contribution in [3.63, 3.8) is 0 Å². The number of benzene rings is 1. The molecule has 0 aliphatic rings. The third kappa shape index (κ3) is 6.51. The van der Waals surface area contributed by atoms with Crippen molar-refractivity contribution in [3.8, 4) is 0 Å². The molecule has 0 heterocycles. The Morgan fingerprint density at radius 2 is 1.67 bits per heavy atom. The average molecular weight is 345 g/mol. The minimum absolute atomic E-state index is 0.211. The second-order valence-electron chi connectivity index (χ2n) is 7.15. The summed E-state index contributed by atoms with van der Waals surface area (Å²) in [6, 6.07) is 7.12. The minimum atomic E-state index is -4.56. The highest BCUT2D eigenvalue weighted by Gasteiger charge is 2.47. The van der Waals surface area contributed by atoms with Crippen LogP contribution in [-0.4, -0.2) is 23.3 Å². The first-order valence-corrected chi connectivity index (χ1v) is 8.02. The highest BCUT2D eigenvalue weighted by atomic mass is 19.4. The van der Waals surface area contributed by atoms with Crippen LogP contribution in [0, 0.1) is 0 Å². The summed E-state index contributed by atoms with van der Waals surface area (Å²) < 4.78 is 44.2. The molecule has 0 aromatic heterocycles. The maximum absolute atomic E-state index is 13.0. The number of ether oxygens (including phenoxy) is 1. The molecular weight excluding hydrogens is 319 g/mol. The Hall–Kier alpha value is -1.56. The van der Waals surface area contributed by atoms with Crippen molar-refractivity contribution in [1.82, 2.24) is 0 Å². The number of carbonyl (C=O) groups excluding carboxylic acids is 1. The Labute approximate surface area is 141 Å². The lowest BCUT2D eigenvalue weighted by Gasteiger charge is -2.32. The van der Waals surface area contributed by atoms with E-state index in [0.29, 0.717) is 12.0 Å². The van der Waals surface area contributed by atoms with Crippen LogP contribution in [0.5, 0.6) is 0 Å². The van der Waals surface area contributed by atoms with Crippen molar-refractivity contribution >= 4 is 5.97 Å². The van der Waals surface area contributed by atoms with Gasteiger partial charge in [0.05, 0.1) is 6.42 Å². The third-order valence-electron chi connectivity index (χ3n) is 3.46. The number of halogens is 3. The molecule has 0 fully saturated rings. The summed E-state index contributed by atoms with van der Waals surface area (Å²) in [5.74, 6) is -1.03. The van der Waals surface area contributed by atoms with E-state index in [1.54, 1.807) is 32.9 Å². The highest BCUT2D eigenvalue weighted by molar-refractivity contribution is 5.81. The lowest BCUT2D eigenvalue weighted by Crippen LogP contribution is -2.55. The molecule has 0 aliphatic heterocycles. The number of rotatable bonds is 6. The number of hydrogen-bond donors (Lipinski definition) is 1.